The first kappa shape index (κ1) is 12.7. The van der Waals surface area contributed by atoms with Crippen molar-refractivity contribution in [3.8, 4) is 22.9 Å². The molecule has 0 amide bonds. The summed E-state index contributed by atoms with van der Waals surface area (Å²) >= 11 is 6.09. The van der Waals surface area contributed by atoms with Gasteiger partial charge in [0.05, 0.1) is 18.7 Å². The van der Waals surface area contributed by atoms with Gasteiger partial charge in [0, 0.05) is 5.56 Å². The van der Waals surface area contributed by atoms with Gasteiger partial charge in [-0.3, -0.25) is 0 Å². The van der Waals surface area contributed by atoms with E-state index in [9.17, 15) is 5.11 Å². The Bertz CT molecular complexity index is 583. The molecule has 6 nitrogen and oxygen atoms in total. The van der Waals surface area contributed by atoms with Crippen molar-refractivity contribution < 1.29 is 14.4 Å². The zero-order chi connectivity index (χ0) is 13.3. The average molecular weight is 270 g/mol. The minimum Gasteiger partial charge on any atom is -0.503 e. The van der Waals surface area contributed by atoms with Gasteiger partial charge in [-0.05, 0) is 18.6 Å². The van der Waals surface area contributed by atoms with E-state index < -0.39 is 0 Å². The Morgan fingerprint density at radius 2 is 2.28 bits per heavy atom. The molecule has 96 valence electrons. The van der Waals surface area contributed by atoms with Gasteiger partial charge in [0.1, 0.15) is 0 Å². The standard InChI is InChI=1S/C11H12ClN3O3/c1-5-3-6(17-2)10(16)9(12)8(5)11-14-7(4-13)18-15-11/h3,16H,4,13H2,1-2H3. The van der Waals surface area contributed by atoms with Crippen molar-refractivity contribution >= 4 is 11.6 Å². The van der Waals surface area contributed by atoms with E-state index in [1.54, 1.807) is 6.07 Å². The lowest BCUT2D eigenvalue weighted by Crippen LogP contribution is -1.96. The third-order valence-corrected chi connectivity index (χ3v) is 2.86. The highest BCUT2D eigenvalue weighted by Crippen LogP contribution is 2.42. The number of nitrogens with two attached hydrogens (primary N) is 1. The molecule has 18 heavy (non-hydrogen) atoms. The van der Waals surface area contributed by atoms with Crippen LogP contribution in [0.5, 0.6) is 11.5 Å². The molecular formula is C11H12ClN3O3. The predicted molar refractivity (Wildman–Crippen MR) is 65.6 cm³/mol. The highest BCUT2D eigenvalue weighted by molar-refractivity contribution is 6.35. The number of halogens is 1. The van der Waals surface area contributed by atoms with Crippen LogP contribution >= 0.6 is 11.6 Å². The van der Waals surface area contributed by atoms with E-state index in [2.05, 4.69) is 10.1 Å². The second-order valence-electron chi connectivity index (χ2n) is 3.65. The first-order valence-corrected chi connectivity index (χ1v) is 5.55. The SMILES string of the molecule is COc1cc(C)c(-c2noc(CN)n2)c(Cl)c1O. The smallest absolute Gasteiger partial charge is 0.240 e. The van der Waals surface area contributed by atoms with Gasteiger partial charge in [-0.2, -0.15) is 4.98 Å². The molecule has 0 aliphatic heterocycles. The summed E-state index contributed by atoms with van der Waals surface area (Å²) in [5, 5.41) is 13.8. The van der Waals surface area contributed by atoms with Crippen LogP contribution in [0.4, 0.5) is 0 Å². The summed E-state index contributed by atoms with van der Waals surface area (Å²) in [7, 11) is 1.45. The van der Waals surface area contributed by atoms with E-state index in [0.29, 0.717) is 17.2 Å². The Morgan fingerprint density at radius 3 is 2.83 bits per heavy atom. The summed E-state index contributed by atoms with van der Waals surface area (Å²) in [6.07, 6.45) is 0. The van der Waals surface area contributed by atoms with Crippen LogP contribution in [0.3, 0.4) is 0 Å². The number of benzene rings is 1. The molecule has 0 atom stereocenters. The molecular weight excluding hydrogens is 258 g/mol. The summed E-state index contributed by atoms with van der Waals surface area (Å²) in [6, 6.07) is 1.65. The molecule has 1 aromatic carbocycles. The third kappa shape index (κ3) is 2.00. The summed E-state index contributed by atoms with van der Waals surface area (Å²) in [4.78, 5) is 4.08. The van der Waals surface area contributed by atoms with Crippen molar-refractivity contribution in [1.82, 2.24) is 10.1 Å². The van der Waals surface area contributed by atoms with Crippen molar-refractivity contribution in [3.63, 3.8) is 0 Å². The lowest BCUT2D eigenvalue weighted by atomic mass is 10.1. The fraction of sp³-hybridized carbons (Fsp3) is 0.273. The van der Waals surface area contributed by atoms with Crippen molar-refractivity contribution in [2.24, 2.45) is 5.73 Å². The van der Waals surface area contributed by atoms with Gasteiger partial charge in [0.25, 0.3) is 0 Å². The van der Waals surface area contributed by atoms with E-state index in [4.69, 9.17) is 26.6 Å². The highest BCUT2D eigenvalue weighted by Gasteiger charge is 2.20. The van der Waals surface area contributed by atoms with Crippen LogP contribution in [-0.4, -0.2) is 22.4 Å². The molecule has 7 heteroatoms. The fourth-order valence-corrected chi connectivity index (χ4v) is 1.93. The number of methoxy groups -OCH3 is 1. The van der Waals surface area contributed by atoms with Crippen LogP contribution in [-0.2, 0) is 6.54 Å². The molecule has 2 aromatic rings. The number of hydrogen-bond donors (Lipinski definition) is 2. The van der Waals surface area contributed by atoms with Crippen LogP contribution in [0.2, 0.25) is 5.02 Å². The van der Waals surface area contributed by atoms with E-state index >= 15 is 0 Å². The molecule has 0 aliphatic carbocycles. The monoisotopic (exact) mass is 269 g/mol. The number of ether oxygens (including phenoxy) is 1. The van der Waals surface area contributed by atoms with Crippen molar-refractivity contribution in [3.05, 3.63) is 22.5 Å². The number of rotatable bonds is 3. The average Bonchev–Trinajstić information content (AvgIpc) is 2.82. The number of aromatic nitrogens is 2. The summed E-state index contributed by atoms with van der Waals surface area (Å²) in [5.41, 5.74) is 6.66. The molecule has 2 rings (SSSR count). The van der Waals surface area contributed by atoms with E-state index in [0.717, 1.165) is 5.56 Å². The maximum Gasteiger partial charge on any atom is 0.240 e. The van der Waals surface area contributed by atoms with Crippen LogP contribution in [0.1, 0.15) is 11.5 Å². The molecule has 0 spiro atoms. The Morgan fingerprint density at radius 1 is 1.56 bits per heavy atom. The van der Waals surface area contributed by atoms with Gasteiger partial charge in [0.15, 0.2) is 11.5 Å². The number of aromatic hydroxyl groups is 1. The zero-order valence-corrected chi connectivity index (χ0v) is 10.7. The normalized spacial score (nSPS) is 10.7. The lowest BCUT2D eigenvalue weighted by Gasteiger charge is -2.10. The van der Waals surface area contributed by atoms with Gasteiger partial charge in [0.2, 0.25) is 11.7 Å². The molecule has 0 saturated heterocycles. The Hall–Kier alpha value is -1.79. The molecule has 0 aliphatic rings. The number of aryl methyl sites for hydroxylation is 1. The second kappa shape index (κ2) is 4.83. The van der Waals surface area contributed by atoms with E-state index in [-0.39, 0.29) is 23.1 Å². The summed E-state index contributed by atoms with van der Waals surface area (Å²) in [6.45, 7) is 1.95. The van der Waals surface area contributed by atoms with Gasteiger partial charge in [-0.15, -0.1) is 0 Å². The molecule has 1 aromatic heterocycles. The van der Waals surface area contributed by atoms with Crippen LogP contribution in [0.15, 0.2) is 10.6 Å². The van der Waals surface area contributed by atoms with Crippen LogP contribution in [0, 0.1) is 6.92 Å². The topological polar surface area (TPSA) is 94.4 Å². The number of phenolic OH excluding ortho intramolecular Hbond substituents is 1. The number of nitrogens with zero attached hydrogens (tertiary/aromatic N) is 2. The minimum absolute atomic E-state index is 0.122. The summed E-state index contributed by atoms with van der Waals surface area (Å²) in [5.74, 6) is 0.731. The summed E-state index contributed by atoms with van der Waals surface area (Å²) < 4.78 is 9.92. The third-order valence-electron chi connectivity index (χ3n) is 2.49. The van der Waals surface area contributed by atoms with Crippen molar-refractivity contribution in [1.29, 1.82) is 0 Å². The quantitative estimate of drug-likeness (QED) is 0.883. The Kier molecular flexibility index (Phi) is 3.40. The van der Waals surface area contributed by atoms with Crippen molar-refractivity contribution in [2.75, 3.05) is 7.11 Å². The maximum atomic E-state index is 9.86. The fourth-order valence-electron chi connectivity index (χ4n) is 1.61. The van der Waals surface area contributed by atoms with Gasteiger partial charge < -0.3 is 20.1 Å². The predicted octanol–water partition coefficient (Wildman–Crippen LogP) is 1.87. The molecule has 0 fully saturated rings. The highest BCUT2D eigenvalue weighted by atomic mass is 35.5. The van der Waals surface area contributed by atoms with Gasteiger partial charge in [-0.1, -0.05) is 16.8 Å². The van der Waals surface area contributed by atoms with Crippen LogP contribution in [0.25, 0.3) is 11.4 Å². The van der Waals surface area contributed by atoms with E-state index in [1.807, 2.05) is 6.92 Å². The number of phenols is 1. The van der Waals surface area contributed by atoms with Crippen molar-refractivity contribution in [2.45, 2.75) is 13.5 Å². The van der Waals surface area contributed by atoms with E-state index in [1.165, 1.54) is 7.11 Å². The second-order valence-corrected chi connectivity index (χ2v) is 4.03. The van der Waals surface area contributed by atoms with Gasteiger partial charge >= 0.3 is 0 Å². The lowest BCUT2D eigenvalue weighted by molar-refractivity contribution is 0.373. The molecule has 0 saturated carbocycles. The molecule has 3 N–H and O–H groups in total. The largest absolute Gasteiger partial charge is 0.503 e. The van der Waals surface area contributed by atoms with Gasteiger partial charge in [-0.25, -0.2) is 0 Å². The maximum absolute atomic E-state index is 9.86. The Balaban J connectivity index is 2.60. The molecule has 0 unspecified atom stereocenters. The number of hydrogen-bond acceptors (Lipinski definition) is 6. The Labute approximate surface area is 108 Å². The molecule has 0 bridgehead atoms. The zero-order valence-electron chi connectivity index (χ0n) is 9.90. The molecule has 1 heterocycles. The minimum atomic E-state index is -0.154. The van der Waals surface area contributed by atoms with Crippen LogP contribution < -0.4 is 10.5 Å². The first-order chi connectivity index (χ1) is 8.58. The molecule has 0 radical (unpaired) electrons. The first-order valence-electron chi connectivity index (χ1n) is 5.17.